The zero-order valence-corrected chi connectivity index (χ0v) is 13.2. The Hall–Kier alpha value is -1.74. The smallest absolute Gasteiger partial charge is 0.270 e. The number of benzene rings is 2. The topological polar surface area (TPSA) is 72.2 Å². The number of non-ortho nitro benzene ring substituents is 1. The third kappa shape index (κ3) is 3.67. The lowest BCUT2D eigenvalue weighted by atomic mass is 10.2. The number of amides is 1. The van der Waals surface area contributed by atoms with Crippen LogP contribution in [0, 0.1) is 19.5 Å². The summed E-state index contributed by atoms with van der Waals surface area (Å²) < 4.78 is 14.3. The molecular formula is C13H7ClFIN2O3. The van der Waals surface area contributed by atoms with Crippen LogP contribution in [0.15, 0.2) is 36.4 Å². The number of carbonyl (C=O) groups excluding carboxylic acids is 1. The SMILES string of the molecule is O=C(Nc1ccc(I)cc1F)c1ccc([N+](=O)[O-])cc1Cl. The molecule has 8 heteroatoms. The van der Waals surface area contributed by atoms with Gasteiger partial charge in [-0.3, -0.25) is 14.9 Å². The molecule has 0 fully saturated rings. The molecule has 2 aromatic carbocycles. The first kappa shape index (κ1) is 15.6. The first-order valence-corrected chi connectivity index (χ1v) is 7.04. The second-order valence-electron chi connectivity index (χ2n) is 4.00. The van der Waals surface area contributed by atoms with Gasteiger partial charge in [-0.1, -0.05) is 11.6 Å². The van der Waals surface area contributed by atoms with Crippen LogP contribution in [0.5, 0.6) is 0 Å². The normalized spacial score (nSPS) is 10.2. The van der Waals surface area contributed by atoms with E-state index in [2.05, 4.69) is 5.32 Å². The molecule has 0 aliphatic carbocycles. The van der Waals surface area contributed by atoms with Gasteiger partial charge in [0, 0.05) is 15.7 Å². The van der Waals surface area contributed by atoms with Crippen LogP contribution >= 0.6 is 34.2 Å². The third-order valence-corrected chi connectivity index (χ3v) is 3.57. The molecule has 0 unspecified atom stereocenters. The molecule has 2 aromatic rings. The Morgan fingerprint density at radius 1 is 1.29 bits per heavy atom. The molecule has 0 saturated heterocycles. The zero-order valence-electron chi connectivity index (χ0n) is 10.3. The highest BCUT2D eigenvalue weighted by Crippen LogP contribution is 2.24. The van der Waals surface area contributed by atoms with Gasteiger partial charge in [0.15, 0.2) is 0 Å². The molecule has 1 N–H and O–H groups in total. The number of hydrogen-bond acceptors (Lipinski definition) is 3. The summed E-state index contributed by atoms with van der Waals surface area (Å²) >= 11 is 7.78. The van der Waals surface area contributed by atoms with E-state index in [4.69, 9.17) is 11.6 Å². The number of carbonyl (C=O) groups is 1. The standard InChI is InChI=1S/C13H7ClFIN2O3/c14-10-6-8(18(20)21)2-3-9(10)13(19)17-12-4-1-7(16)5-11(12)15/h1-6H,(H,17,19). The van der Waals surface area contributed by atoms with Crippen molar-refractivity contribution in [1.29, 1.82) is 0 Å². The number of halogens is 3. The maximum atomic E-state index is 13.7. The van der Waals surface area contributed by atoms with Gasteiger partial charge in [0.1, 0.15) is 5.82 Å². The van der Waals surface area contributed by atoms with E-state index in [1.165, 1.54) is 18.2 Å². The van der Waals surface area contributed by atoms with Crippen LogP contribution in [-0.4, -0.2) is 10.8 Å². The Balaban J connectivity index is 2.26. The summed E-state index contributed by atoms with van der Waals surface area (Å²) in [5, 5.41) is 12.9. The fourth-order valence-corrected chi connectivity index (χ4v) is 2.30. The minimum atomic E-state index is -0.644. The molecule has 0 heterocycles. The summed E-state index contributed by atoms with van der Waals surface area (Å²) in [5.41, 5.74) is -0.188. The highest BCUT2D eigenvalue weighted by molar-refractivity contribution is 14.1. The van der Waals surface area contributed by atoms with E-state index in [-0.39, 0.29) is 22.0 Å². The van der Waals surface area contributed by atoms with Gasteiger partial charge in [-0.25, -0.2) is 4.39 Å². The minimum absolute atomic E-state index is 0.00911. The van der Waals surface area contributed by atoms with Crippen LogP contribution in [-0.2, 0) is 0 Å². The van der Waals surface area contributed by atoms with Gasteiger partial charge in [-0.15, -0.1) is 0 Å². The molecule has 0 atom stereocenters. The maximum Gasteiger partial charge on any atom is 0.270 e. The van der Waals surface area contributed by atoms with Crippen molar-refractivity contribution in [2.24, 2.45) is 0 Å². The molecule has 1 amide bonds. The Bertz CT molecular complexity index is 739. The number of nitro groups is 1. The van der Waals surface area contributed by atoms with Gasteiger partial charge in [-0.2, -0.15) is 0 Å². The molecule has 0 saturated carbocycles. The molecule has 108 valence electrons. The van der Waals surface area contributed by atoms with Crippen molar-refractivity contribution >= 4 is 51.5 Å². The van der Waals surface area contributed by atoms with E-state index >= 15 is 0 Å². The molecule has 5 nitrogen and oxygen atoms in total. The first-order chi connectivity index (χ1) is 9.88. The fraction of sp³-hybridized carbons (Fsp3) is 0. The number of nitrogens with one attached hydrogen (secondary N) is 1. The molecule has 0 radical (unpaired) electrons. The van der Waals surface area contributed by atoms with Crippen molar-refractivity contribution in [3.8, 4) is 0 Å². The zero-order chi connectivity index (χ0) is 15.6. The average molecular weight is 421 g/mol. The monoisotopic (exact) mass is 420 g/mol. The Morgan fingerprint density at radius 3 is 2.57 bits per heavy atom. The second kappa shape index (κ2) is 6.35. The van der Waals surface area contributed by atoms with E-state index in [0.717, 1.165) is 12.1 Å². The predicted octanol–water partition coefficient (Wildman–Crippen LogP) is 4.24. The molecule has 0 aliphatic rings. The van der Waals surface area contributed by atoms with Crippen molar-refractivity contribution in [3.05, 3.63) is 66.5 Å². The first-order valence-electron chi connectivity index (χ1n) is 5.59. The summed E-state index contributed by atoms with van der Waals surface area (Å²) in [5.74, 6) is -1.22. The van der Waals surface area contributed by atoms with Crippen molar-refractivity contribution in [2.45, 2.75) is 0 Å². The molecule has 0 bridgehead atoms. The van der Waals surface area contributed by atoms with E-state index < -0.39 is 16.6 Å². The molecule has 2 rings (SSSR count). The Kier molecular flexibility index (Phi) is 4.73. The quantitative estimate of drug-likeness (QED) is 0.458. The second-order valence-corrected chi connectivity index (χ2v) is 5.65. The van der Waals surface area contributed by atoms with Crippen molar-refractivity contribution in [3.63, 3.8) is 0 Å². The van der Waals surface area contributed by atoms with Crippen LogP contribution in [0.3, 0.4) is 0 Å². The predicted molar refractivity (Wildman–Crippen MR) is 85.2 cm³/mol. The minimum Gasteiger partial charge on any atom is -0.319 e. The lowest BCUT2D eigenvalue weighted by Crippen LogP contribution is -2.13. The highest BCUT2D eigenvalue weighted by Gasteiger charge is 2.16. The van der Waals surface area contributed by atoms with Gasteiger partial charge in [0.25, 0.3) is 11.6 Å². The van der Waals surface area contributed by atoms with Crippen LogP contribution in [0.4, 0.5) is 15.8 Å². The van der Waals surface area contributed by atoms with Crippen molar-refractivity contribution in [2.75, 3.05) is 5.32 Å². The molecule has 0 aliphatic heterocycles. The Morgan fingerprint density at radius 2 is 2.00 bits per heavy atom. The largest absolute Gasteiger partial charge is 0.319 e. The summed E-state index contributed by atoms with van der Waals surface area (Å²) in [6.07, 6.45) is 0. The summed E-state index contributed by atoms with van der Waals surface area (Å²) in [7, 11) is 0. The lowest BCUT2D eigenvalue weighted by Gasteiger charge is -2.08. The highest BCUT2D eigenvalue weighted by atomic mass is 127. The number of hydrogen-bond donors (Lipinski definition) is 1. The van der Waals surface area contributed by atoms with Crippen LogP contribution in [0.25, 0.3) is 0 Å². The maximum absolute atomic E-state index is 13.7. The van der Waals surface area contributed by atoms with Crippen LogP contribution in [0.1, 0.15) is 10.4 Å². The lowest BCUT2D eigenvalue weighted by molar-refractivity contribution is -0.384. The van der Waals surface area contributed by atoms with Gasteiger partial charge >= 0.3 is 0 Å². The van der Waals surface area contributed by atoms with E-state index in [1.807, 2.05) is 22.6 Å². The van der Waals surface area contributed by atoms with E-state index in [1.54, 1.807) is 6.07 Å². The molecule has 0 spiro atoms. The molecule has 0 aromatic heterocycles. The van der Waals surface area contributed by atoms with Crippen LogP contribution < -0.4 is 5.32 Å². The summed E-state index contributed by atoms with van der Waals surface area (Å²) in [6, 6.07) is 7.78. The summed E-state index contributed by atoms with van der Waals surface area (Å²) in [4.78, 5) is 22.0. The van der Waals surface area contributed by atoms with Gasteiger partial charge in [-0.05, 0) is 46.9 Å². The number of rotatable bonds is 3. The van der Waals surface area contributed by atoms with E-state index in [0.29, 0.717) is 3.57 Å². The number of anilines is 1. The van der Waals surface area contributed by atoms with Gasteiger partial charge in [0.2, 0.25) is 0 Å². The summed E-state index contributed by atoms with van der Waals surface area (Å²) in [6.45, 7) is 0. The third-order valence-electron chi connectivity index (χ3n) is 2.59. The van der Waals surface area contributed by atoms with Gasteiger partial charge in [0.05, 0.1) is 21.2 Å². The molecule has 21 heavy (non-hydrogen) atoms. The fourth-order valence-electron chi connectivity index (χ4n) is 1.58. The van der Waals surface area contributed by atoms with Gasteiger partial charge < -0.3 is 5.32 Å². The number of nitro benzene ring substituents is 1. The number of nitrogens with zero attached hydrogens (tertiary/aromatic N) is 1. The van der Waals surface area contributed by atoms with E-state index in [9.17, 15) is 19.3 Å². The van der Waals surface area contributed by atoms with Crippen molar-refractivity contribution < 1.29 is 14.1 Å². The Labute approximate surface area is 137 Å². The van der Waals surface area contributed by atoms with Crippen LogP contribution in [0.2, 0.25) is 5.02 Å². The average Bonchev–Trinajstić information content (AvgIpc) is 2.41. The van der Waals surface area contributed by atoms with Crippen molar-refractivity contribution in [1.82, 2.24) is 0 Å². The molecular weight excluding hydrogens is 414 g/mol.